The van der Waals surface area contributed by atoms with Crippen LogP contribution in [0.4, 0.5) is 0 Å². The summed E-state index contributed by atoms with van der Waals surface area (Å²) in [4.78, 5) is 0. The van der Waals surface area contributed by atoms with Gasteiger partial charge in [-0.05, 0) is 12.8 Å². The molecule has 1 aliphatic heterocycles. The zero-order valence-corrected chi connectivity index (χ0v) is 15.7. The van der Waals surface area contributed by atoms with Gasteiger partial charge in [0.25, 0.3) is 0 Å². The third-order valence-electron chi connectivity index (χ3n) is 3.69. The van der Waals surface area contributed by atoms with Crippen molar-refractivity contribution in [2.75, 3.05) is 13.2 Å². The van der Waals surface area contributed by atoms with Crippen LogP contribution in [-0.4, -0.2) is 21.3 Å². The number of hydrogen-bond acceptors (Lipinski definition) is 1. The van der Waals surface area contributed by atoms with Crippen LogP contribution < -0.4 is 0 Å². The Morgan fingerprint density at radius 3 is 2.30 bits per heavy atom. The average molecular weight is 346 g/mol. The zero-order valence-electron chi connectivity index (χ0n) is 12.5. The van der Waals surface area contributed by atoms with Crippen molar-refractivity contribution in [1.82, 2.24) is 0 Å². The van der Waals surface area contributed by atoms with Gasteiger partial charge in [0.2, 0.25) is 0 Å². The van der Waals surface area contributed by atoms with Crippen LogP contribution in [-0.2, 0) is 20.1 Å². The Morgan fingerprint density at radius 1 is 1.15 bits per heavy atom. The summed E-state index contributed by atoms with van der Waals surface area (Å²) in [6, 6.07) is 8.69. The molecule has 1 aromatic carbocycles. The van der Waals surface area contributed by atoms with Crippen LogP contribution in [0.5, 0.6) is 0 Å². The Balaban J connectivity index is 0.000000247. The molecule has 1 aliphatic carbocycles. The van der Waals surface area contributed by atoms with Crippen molar-refractivity contribution in [1.29, 1.82) is 0 Å². The molecule has 1 fully saturated rings. The number of allylic oxidation sites excluding steroid dienone is 1. The summed E-state index contributed by atoms with van der Waals surface area (Å²) in [5.74, 6) is 0. The van der Waals surface area contributed by atoms with Crippen molar-refractivity contribution < 1.29 is 20.1 Å². The van der Waals surface area contributed by atoms with Gasteiger partial charge in [0.05, 0.1) is 0 Å². The van der Waals surface area contributed by atoms with E-state index in [2.05, 4.69) is 50.0 Å². The topological polar surface area (TPSA) is 9.23 Å². The standard InChI is InChI=1S/C12H15Si.C4H8O.ClH.V/c1-13(2,3)12-8-10-6-4-5-7-11(10)9-12;1-2-4-5-3-1;;/h4-9H,1-3H3;1-4H2;1H;/q;;;+1/p-1. The molecule has 1 saturated heterocycles. The first-order chi connectivity index (χ1) is 9.54. The third-order valence-corrected chi connectivity index (χ3v) is 8.22. The van der Waals surface area contributed by atoms with Gasteiger partial charge < -0.3 is 4.74 Å². The number of fused-ring (bicyclic) bond motifs is 1. The van der Waals surface area contributed by atoms with E-state index in [0.29, 0.717) is 4.63 Å². The van der Waals surface area contributed by atoms with Crippen LogP contribution in [0.25, 0.3) is 6.08 Å². The van der Waals surface area contributed by atoms with Crippen molar-refractivity contribution in [3.05, 3.63) is 40.6 Å². The molecule has 0 N–H and O–H groups in total. The van der Waals surface area contributed by atoms with E-state index in [9.17, 15) is 0 Å². The van der Waals surface area contributed by atoms with Gasteiger partial charge in [-0.1, -0.05) is 0 Å². The molecule has 2 aliphatic rings. The Morgan fingerprint density at radius 2 is 1.80 bits per heavy atom. The third kappa shape index (κ3) is 4.02. The SMILES string of the molecule is C1CCOC1.C[Si](C)(C)C1=Cc2ccccc2[CH]1[V][Cl]. The molecule has 1 nitrogen and oxygen atoms in total. The molecule has 0 saturated carbocycles. The summed E-state index contributed by atoms with van der Waals surface area (Å²) in [5.41, 5.74) is 2.86. The normalized spacial score (nSPS) is 20.8. The Kier molecular flexibility index (Phi) is 6.00. The second kappa shape index (κ2) is 7.33. The first-order valence-electron chi connectivity index (χ1n) is 7.24. The predicted octanol–water partition coefficient (Wildman–Crippen LogP) is 5.04. The molecule has 1 atom stereocenters. The number of hydrogen-bond donors (Lipinski definition) is 0. The van der Waals surface area contributed by atoms with Crippen LogP contribution in [0.15, 0.2) is 29.5 Å². The van der Waals surface area contributed by atoms with Crippen LogP contribution in [0.1, 0.15) is 28.6 Å². The molecule has 4 heteroatoms. The summed E-state index contributed by atoms with van der Waals surface area (Å²) in [6.45, 7) is 9.22. The van der Waals surface area contributed by atoms with E-state index >= 15 is 0 Å². The molecule has 0 radical (unpaired) electrons. The van der Waals surface area contributed by atoms with E-state index in [-0.39, 0.29) is 15.3 Å². The average Bonchev–Trinajstić information content (AvgIpc) is 3.08. The van der Waals surface area contributed by atoms with Crippen molar-refractivity contribution in [2.24, 2.45) is 0 Å². The molecule has 1 heterocycles. The van der Waals surface area contributed by atoms with Crippen LogP contribution in [0.3, 0.4) is 0 Å². The Hall–Kier alpha value is 0.0113. The van der Waals surface area contributed by atoms with Gasteiger partial charge in [0.1, 0.15) is 0 Å². The Labute approximate surface area is 134 Å². The molecule has 0 aromatic heterocycles. The quantitative estimate of drug-likeness (QED) is 0.683. The van der Waals surface area contributed by atoms with E-state index in [0.717, 1.165) is 13.2 Å². The maximum absolute atomic E-state index is 6.21. The molecule has 0 bridgehead atoms. The van der Waals surface area contributed by atoms with Crippen molar-refractivity contribution >= 4 is 24.0 Å². The Bertz CT molecular complexity index is 470. The van der Waals surface area contributed by atoms with E-state index in [1.807, 2.05) is 0 Å². The molecule has 0 spiro atoms. The van der Waals surface area contributed by atoms with Gasteiger partial charge in [-0.2, -0.15) is 0 Å². The maximum atomic E-state index is 6.21. The summed E-state index contributed by atoms with van der Waals surface area (Å²) < 4.78 is 5.51. The van der Waals surface area contributed by atoms with E-state index < -0.39 is 8.07 Å². The second-order valence-corrected chi connectivity index (χ2v) is 13.3. The molecule has 109 valence electrons. The van der Waals surface area contributed by atoms with Crippen LogP contribution >= 0.6 is 9.85 Å². The minimum absolute atomic E-state index is 0.110. The van der Waals surface area contributed by atoms with Gasteiger partial charge in [-0.25, -0.2) is 0 Å². The first-order valence-corrected chi connectivity index (χ1v) is 13.5. The fourth-order valence-electron chi connectivity index (χ4n) is 2.55. The summed E-state index contributed by atoms with van der Waals surface area (Å²) in [6.07, 6.45) is 4.95. The van der Waals surface area contributed by atoms with Crippen molar-refractivity contribution in [3.63, 3.8) is 0 Å². The van der Waals surface area contributed by atoms with Gasteiger partial charge >= 0.3 is 104 Å². The predicted molar refractivity (Wildman–Crippen MR) is 86.4 cm³/mol. The number of rotatable bonds is 2. The molecular weight excluding hydrogens is 323 g/mol. The first kappa shape index (κ1) is 16.4. The van der Waals surface area contributed by atoms with Gasteiger partial charge in [-0.3, -0.25) is 0 Å². The number of benzene rings is 1. The molecule has 1 unspecified atom stereocenters. The molecular formula is C16H23ClOSiV. The van der Waals surface area contributed by atoms with Gasteiger partial charge in [0.15, 0.2) is 0 Å². The number of ether oxygens (including phenoxy) is 1. The summed E-state index contributed by atoms with van der Waals surface area (Å²) in [5, 5.41) is 1.64. The van der Waals surface area contributed by atoms with Gasteiger partial charge in [0, 0.05) is 13.2 Å². The van der Waals surface area contributed by atoms with Crippen molar-refractivity contribution in [2.45, 2.75) is 37.1 Å². The van der Waals surface area contributed by atoms with E-state index in [4.69, 9.17) is 14.6 Å². The van der Waals surface area contributed by atoms with E-state index in [1.54, 1.807) is 5.20 Å². The van der Waals surface area contributed by atoms with Crippen molar-refractivity contribution in [3.8, 4) is 0 Å². The molecule has 3 rings (SSSR count). The fourth-order valence-corrected chi connectivity index (χ4v) is 8.21. The summed E-state index contributed by atoms with van der Waals surface area (Å²) in [7, 11) is 5.01. The number of halogens is 1. The zero-order chi connectivity index (χ0) is 14.6. The molecule has 20 heavy (non-hydrogen) atoms. The van der Waals surface area contributed by atoms with Gasteiger partial charge in [-0.15, -0.1) is 0 Å². The minimum atomic E-state index is -1.21. The van der Waals surface area contributed by atoms with E-state index in [1.165, 1.54) is 24.0 Å². The van der Waals surface area contributed by atoms with Crippen LogP contribution in [0.2, 0.25) is 19.6 Å². The molecule has 1 aromatic rings. The monoisotopic (exact) mass is 345 g/mol. The second-order valence-electron chi connectivity index (χ2n) is 6.30. The fraction of sp³-hybridized carbons (Fsp3) is 0.500. The summed E-state index contributed by atoms with van der Waals surface area (Å²) >= 11 is -0.110. The van der Waals surface area contributed by atoms with Crippen LogP contribution in [0, 0.1) is 0 Å². The molecule has 0 amide bonds.